The van der Waals surface area contributed by atoms with Crippen molar-refractivity contribution in [2.24, 2.45) is 5.92 Å². The molecular formula is C30H41FO5. The molecule has 2 aromatic carbocycles. The second-order valence-electron chi connectivity index (χ2n) is 9.96. The van der Waals surface area contributed by atoms with Gasteiger partial charge in [-0.05, 0) is 61.7 Å². The van der Waals surface area contributed by atoms with Gasteiger partial charge in [0.15, 0.2) is 11.6 Å². The maximum absolute atomic E-state index is 14.6. The lowest BCUT2D eigenvalue weighted by Crippen LogP contribution is -2.23. The molecule has 2 aromatic rings. The van der Waals surface area contributed by atoms with Gasteiger partial charge >= 0.3 is 5.97 Å². The lowest BCUT2D eigenvalue weighted by atomic mass is 10.1. The summed E-state index contributed by atoms with van der Waals surface area (Å²) in [4.78, 5) is 12.5. The predicted octanol–water partition coefficient (Wildman–Crippen LogP) is 7.76. The Labute approximate surface area is 215 Å². The van der Waals surface area contributed by atoms with Gasteiger partial charge in [-0.15, -0.1) is 0 Å². The molecule has 0 aromatic heterocycles. The van der Waals surface area contributed by atoms with E-state index in [4.69, 9.17) is 18.9 Å². The van der Waals surface area contributed by atoms with E-state index in [0.29, 0.717) is 18.3 Å². The highest BCUT2D eigenvalue weighted by Gasteiger charge is 2.46. The summed E-state index contributed by atoms with van der Waals surface area (Å²) in [7, 11) is 0. The molecule has 6 heteroatoms. The van der Waals surface area contributed by atoms with Crippen LogP contribution in [0.4, 0.5) is 4.39 Å². The van der Waals surface area contributed by atoms with E-state index >= 15 is 0 Å². The van der Waals surface area contributed by atoms with E-state index in [9.17, 15) is 9.18 Å². The summed E-state index contributed by atoms with van der Waals surface area (Å²) in [5.41, 5.74) is 0.116. The summed E-state index contributed by atoms with van der Waals surface area (Å²) in [5, 5.41) is 0. The lowest BCUT2D eigenvalue weighted by molar-refractivity contribution is 0.0734. The van der Waals surface area contributed by atoms with E-state index < -0.39 is 11.8 Å². The molecular weight excluding hydrogens is 459 g/mol. The molecule has 198 valence electrons. The minimum Gasteiger partial charge on any atom is -0.494 e. The van der Waals surface area contributed by atoms with E-state index in [0.717, 1.165) is 18.2 Å². The van der Waals surface area contributed by atoms with Crippen LogP contribution < -0.4 is 14.2 Å². The number of unbranched alkanes of at least 4 members (excludes halogenated alkanes) is 7. The maximum Gasteiger partial charge on any atom is 0.343 e. The van der Waals surface area contributed by atoms with Crippen molar-refractivity contribution in [2.75, 3.05) is 6.61 Å². The molecule has 5 nitrogen and oxygen atoms in total. The Hall–Kier alpha value is -2.60. The molecule has 36 heavy (non-hydrogen) atoms. The van der Waals surface area contributed by atoms with Gasteiger partial charge in [0.2, 0.25) is 0 Å². The molecule has 0 saturated carbocycles. The van der Waals surface area contributed by atoms with Crippen LogP contribution >= 0.6 is 0 Å². The SMILES string of the molecule is CCCCCCCCCCOc1ccc(OC(=O)c2ccc(O[C@H](C)[C@@H]3O[C@H]3C(C)C)c(F)c2)cc1. The van der Waals surface area contributed by atoms with Crippen molar-refractivity contribution < 1.29 is 28.1 Å². The van der Waals surface area contributed by atoms with Crippen LogP contribution in [-0.2, 0) is 4.74 Å². The summed E-state index contributed by atoms with van der Waals surface area (Å²) in [5.74, 6) is 0.348. The fourth-order valence-electron chi connectivity index (χ4n) is 4.24. The van der Waals surface area contributed by atoms with Crippen LogP contribution in [0.2, 0.25) is 0 Å². The Morgan fingerprint density at radius 1 is 0.889 bits per heavy atom. The molecule has 0 N–H and O–H groups in total. The quantitative estimate of drug-likeness (QED) is 0.102. The van der Waals surface area contributed by atoms with Gasteiger partial charge in [0.1, 0.15) is 23.7 Å². The number of carbonyl (C=O) groups is 1. The van der Waals surface area contributed by atoms with Gasteiger partial charge in [-0.3, -0.25) is 0 Å². The zero-order chi connectivity index (χ0) is 25.9. The molecule has 3 atom stereocenters. The van der Waals surface area contributed by atoms with Crippen molar-refractivity contribution in [3.8, 4) is 17.2 Å². The topological polar surface area (TPSA) is 57.3 Å². The average Bonchev–Trinajstić information content (AvgIpc) is 3.67. The van der Waals surface area contributed by atoms with Crippen LogP contribution in [0.15, 0.2) is 42.5 Å². The first-order valence-corrected chi connectivity index (χ1v) is 13.5. The Morgan fingerprint density at radius 2 is 1.53 bits per heavy atom. The molecule has 0 unspecified atom stereocenters. The number of ether oxygens (including phenoxy) is 4. The number of halogens is 1. The zero-order valence-electron chi connectivity index (χ0n) is 22.1. The van der Waals surface area contributed by atoms with Crippen LogP contribution in [0.3, 0.4) is 0 Å². The largest absolute Gasteiger partial charge is 0.494 e. The summed E-state index contributed by atoms with van der Waals surface area (Å²) in [6.45, 7) is 8.93. The van der Waals surface area contributed by atoms with Gasteiger partial charge in [0.05, 0.1) is 18.3 Å². The first-order chi connectivity index (χ1) is 17.4. The van der Waals surface area contributed by atoms with Gasteiger partial charge in [0, 0.05) is 0 Å². The highest BCUT2D eigenvalue weighted by molar-refractivity contribution is 5.91. The number of rotatable bonds is 16. The number of esters is 1. The average molecular weight is 501 g/mol. The molecule has 1 fully saturated rings. The fourth-order valence-corrected chi connectivity index (χ4v) is 4.24. The summed E-state index contributed by atoms with van der Waals surface area (Å²) < 4.78 is 37.1. The van der Waals surface area contributed by atoms with Gasteiger partial charge in [-0.25, -0.2) is 9.18 Å². The third-order valence-electron chi connectivity index (χ3n) is 6.46. The normalized spacial score (nSPS) is 17.6. The second-order valence-corrected chi connectivity index (χ2v) is 9.96. The van der Waals surface area contributed by atoms with Crippen molar-refractivity contribution in [3.05, 3.63) is 53.8 Å². The van der Waals surface area contributed by atoms with Gasteiger partial charge in [0.25, 0.3) is 0 Å². The summed E-state index contributed by atoms with van der Waals surface area (Å²) in [6, 6.07) is 11.0. The number of epoxide rings is 1. The Bertz CT molecular complexity index is 943. The minimum absolute atomic E-state index is 0.0405. The van der Waals surface area contributed by atoms with Gasteiger partial charge < -0.3 is 18.9 Å². The van der Waals surface area contributed by atoms with Crippen LogP contribution in [-0.4, -0.2) is 30.9 Å². The second kappa shape index (κ2) is 14.2. The van der Waals surface area contributed by atoms with Crippen LogP contribution in [0.25, 0.3) is 0 Å². The van der Waals surface area contributed by atoms with Crippen molar-refractivity contribution in [1.82, 2.24) is 0 Å². The molecule has 0 amide bonds. The van der Waals surface area contributed by atoms with E-state index in [1.807, 2.05) is 6.92 Å². The minimum atomic E-state index is -0.633. The highest BCUT2D eigenvalue weighted by Crippen LogP contribution is 2.34. The molecule has 0 radical (unpaired) electrons. The third kappa shape index (κ3) is 8.81. The lowest BCUT2D eigenvalue weighted by Gasteiger charge is -2.14. The summed E-state index contributed by atoms with van der Waals surface area (Å²) >= 11 is 0. The first kappa shape index (κ1) is 28.0. The molecule has 1 heterocycles. The van der Waals surface area contributed by atoms with Crippen molar-refractivity contribution >= 4 is 5.97 Å². The number of hydrogen-bond acceptors (Lipinski definition) is 5. The molecule has 0 spiro atoms. The molecule has 1 aliphatic rings. The standard InChI is InChI=1S/C30H41FO5/c1-5-6-7-8-9-10-11-12-19-33-24-14-16-25(17-15-24)35-30(32)23-13-18-27(26(31)20-23)34-22(4)29-28(36-29)21(2)3/h13-18,20-22,28-29H,5-12,19H2,1-4H3/t22-,28+,29+/m1/s1. The maximum atomic E-state index is 14.6. The van der Waals surface area contributed by atoms with Crippen molar-refractivity contribution in [3.63, 3.8) is 0 Å². The monoisotopic (exact) mass is 500 g/mol. The number of carbonyl (C=O) groups excluding carboxylic acids is 1. The van der Waals surface area contributed by atoms with Gasteiger partial charge in [-0.2, -0.15) is 0 Å². The number of hydrogen-bond donors (Lipinski definition) is 0. The third-order valence-corrected chi connectivity index (χ3v) is 6.46. The predicted molar refractivity (Wildman–Crippen MR) is 139 cm³/mol. The Kier molecular flexibility index (Phi) is 11.1. The Balaban J connectivity index is 1.39. The van der Waals surface area contributed by atoms with Gasteiger partial charge in [-0.1, -0.05) is 65.7 Å². The molecule has 1 aliphatic heterocycles. The van der Waals surface area contributed by atoms with Crippen LogP contribution in [0.1, 0.15) is 89.4 Å². The highest BCUT2D eigenvalue weighted by atomic mass is 19.1. The smallest absolute Gasteiger partial charge is 0.343 e. The molecule has 0 bridgehead atoms. The Morgan fingerprint density at radius 3 is 2.14 bits per heavy atom. The van der Waals surface area contributed by atoms with Crippen molar-refractivity contribution in [2.45, 2.75) is 97.4 Å². The zero-order valence-corrected chi connectivity index (χ0v) is 22.1. The van der Waals surface area contributed by atoms with E-state index in [1.54, 1.807) is 24.3 Å². The molecule has 3 rings (SSSR count). The van der Waals surface area contributed by atoms with E-state index in [2.05, 4.69) is 20.8 Å². The fraction of sp³-hybridized carbons (Fsp3) is 0.567. The van der Waals surface area contributed by atoms with E-state index in [-0.39, 0.29) is 29.6 Å². The van der Waals surface area contributed by atoms with Crippen LogP contribution in [0, 0.1) is 11.7 Å². The summed E-state index contributed by atoms with van der Waals surface area (Å²) in [6.07, 6.45) is 9.86. The number of benzene rings is 2. The molecule has 1 saturated heterocycles. The van der Waals surface area contributed by atoms with Crippen molar-refractivity contribution in [1.29, 1.82) is 0 Å². The van der Waals surface area contributed by atoms with Crippen LogP contribution in [0.5, 0.6) is 17.2 Å². The molecule has 0 aliphatic carbocycles. The first-order valence-electron chi connectivity index (χ1n) is 13.5. The van der Waals surface area contributed by atoms with E-state index in [1.165, 1.54) is 57.1 Å².